The fourth-order valence-corrected chi connectivity index (χ4v) is 3.55. The van der Waals surface area contributed by atoms with Crippen LogP contribution in [0.2, 0.25) is 0 Å². The van der Waals surface area contributed by atoms with Crippen LogP contribution in [0.4, 0.5) is 4.79 Å². The quantitative estimate of drug-likeness (QED) is 0.830. The number of amides is 2. The zero-order chi connectivity index (χ0) is 19.6. The van der Waals surface area contributed by atoms with Crippen LogP contribution >= 0.6 is 0 Å². The first kappa shape index (κ1) is 18.6. The number of fused-ring (bicyclic) bond motifs is 1. The summed E-state index contributed by atoms with van der Waals surface area (Å²) in [5, 5.41) is 6.04. The summed E-state index contributed by atoms with van der Waals surface area (Å²) in [6, 6.07) is 9.48. The molecule has 2 atom stereocenters. The molecular weight excluding hydrogens is 358 g/mol. The minimum atomic E-state index is -0.257. The first-order chi connectivity index (χ1) is 13.5. The lowest BCUT2D eigenvalue weighted by Gasteiger charge is -2.27. The Morgan fingerprint density at radius 3 is 2.93 bits per heavy atom. The summed E-state index contributed by atoms with van der Waals surface area (Å²) < 4.78 is 16.6. The Kier molecular flexibility index (Phi) is 5.09. The predicted octanol–water partition coefficient (Wildman–Crippen LogP) is 2.92. The van der Waals surface area contributed by atoms with Gasteiger partial charge in [0.25, 0.3) is 0 Å². The molecule has 0 saturated carbocycles. The lowest BCUT2D eigenvalue weighted by atomic mass is 9.84. The van der Waals surface area contributed by atoms with Crippen molar-refractivity contribution in [3.05, 3.63) is 53.9 Å². The Hall–Kier alpha value is -2.80. The topological polar surface area (TPSA) is 81.7 Å². The second kappa shape index (κ2) is 7.67. The summed E-state index contributed by atoms with van der Waals surface area (Å²) in [4.78, 5) is 16.6. The van der Waals surface area contributed by atoms with Crippen molar-refractivity contribution in [1.82, 2.24) is 15.6 Å². The number of nitrogens with one attached hydrogen (secondary N) is 2. The lowest BCUT2D eigenvalue weighted by Crippen LogP contribution is -2.46. The molecule has 2 amide bonds. The molecule has 2 aliphatic heterocycles. The van der Waals surface area contributed by atoms with Crippen LogP contribution in [-0.4, -0.2) is 37.0 Å². The highest BCUT2D eigenvalue weighted by Crippen LogP contribution is 2.36. The fourth-order valence-electron chi connectivity index (χ4n) is 3.55. The molecule has 1 fully saturated rings. The summed E-state index contributed by atoms with van der Waals surface area (Å²) in [6.45, 7) is 5.53. The van der Waals surface area contributed by atoms with Gasteiger partial charge in [-0.15, -0.1) is 0 Å². The van der Waals surface area contributed by atoms with Gasteiger partial charge in [-0.05, 0) is 30.2 Å². The molecule has 7 heteroatoms. The van der Waals surface area contributed by atoms with Crippen LogP contribution in [0.1, 0.15) is 37.5 Å². The van der Waals surface area contributed by atoms with Crippen LogP contribution < -0.4 is 20.1 Å². The molecule has 0 spiro atoms. The molecule has 4 rings (SSSR count). The largest absolute Gasteiger partial charge is 0.454 e. The average molecular weight is 383 g/mol. The van der Waals surface area contributed by atoms with Gasteiger partial charge in [-0.2, -0.15) is 0 Å². The zero-order valence-electron chi connectivity index (χ0n) is 16.1. The van der Waals surface area contributed by atoms with E-state index in [2.05, 4.69) is 29.5 Å². The summed E-state index contributed by atoms with van der Waals surface area (Å²) >= 11 is 0. The normalized spacial score (nSPS) is 20.8. The van der Waals surface area contributed by atoms with Gasteiger partial charge in [0.15, 0.2) is 11.5 Å². The highest BCUT2D eigenvalue weighted by Gasteiger charge is 2.31. The first-order valence-corrected chi connectivity index (χ1v) is 9.49. The molecule has 1 saturated heterocycles. The smallest absolute Gasteiger partial charge is 0.315 e. The fraction of sp³-hybridized carbons (Fsp3) is 0.429. The molecule has 0 aliphatic carbocycles. The maximum absolute atomic E-state index is 12.5. The van der Waals surface area contributed by atoms with Crippen LogP contribution in [0.15, 0.2) is 42.7 Å². The highest BCUT2D eigenvalue weighted by molar-refractivity contribution is 5.74. The molecule has 2 aliphatic rings. The number of ether oxygens (including phenoxy) is 3. The van der Waals surface area contributed by atoms with Gasteiger partial charge in [-0.1, -0.05) is 26.0 Å². The van der Waals surface area contributed by atoms with Crippen molar-refractivity contribution in [3.63, 3.8) is 0 Å². The third kappa shape index (κ3) is 3.89. The van der Waals surface area contributed by atoms with Gasteiger partial charge in [0.2, 0.25) is 6.79 Å². The summed E-state index contributed by atoms with van der Waals surface area (Å²) in [6.07, 6.45) is 4.12. The van der Waals surface area contributed by atoms with E-state index in [0.717, 1.165) is 29.0 Å². The molecular formula is C21H25N3O4. The number of carbonyl (C=O) groups excluding carboxylic acids is 1. The van der Waals surface area contributed by atoms with Crippen molar-refractivity contribution in [1.29, 1.82) is 0 Å². The summed E-state index contributed by atoms with van der Waals surface area (Å²) in [7, 11) is 0. The van der Waals surface area contributed by atoms with Crippen molar-refractivity contribution in [2.75, 3.05) is 19.9 Å². The molecule has 2 N–H and O–H groups in total. The Bertz CT molecular complexity index is 841. The average Bonchev–Trinajstić information content (AvgIpc) is 3.36. The van der Waals surface area contributed by atoms with Crippen LogP contribution in [-0.2, 0) is 10.2 Å². The third-order valence-corrected chi connectivity index (χ3v) is 5.27. The van der Waals surface area contributed by atoms with E-state index in [9.17, 15) is 4.79 Å². The SMILES string of the molecule is CC(C)(CNC(=O)N[C@@H]1CCO[C@H]1c1cccnc1)c1ccc2c(c1)OCO2. The van der Waals surface area contributed by atoms with Gasteiger partial charge in [-0.3, -0.25) is 4.98 Å². The van der Waals surface area contributed by atoms with Gasteiger partial charge >= 0.3 is 6.03 Å². The number of nitrogens with zero attached hydrogens (tertiary/aromatic N) is 1. The second-order valence-electron chi connectivity index (χ2n) is 7.75. The number of rotatable bonds is 5. The molecule has 0 unspecified atom stereocenters. The van der Waals surface area contributed by atoms with Gasteiger partial charge in [0.1, 0.15) is 6.10 Å². The van der Waals surface area contributed by atoms with Gasteiger partial charge in [0.05, 0.1) is 6.04 Å². The number of carbonyl (C=O) groups is 1. The van der Waals surface area contributed by atoms with Crippen LogP contribution in [0.25, 0.3) is 0 Å². The van der Waals surface area contributed by atoms with E-state index in [1.165, 1.54) is 0 Å². The second-order valence-corrected chi connectivity index (χ2v) is 7.75. The molecule has 148 valence electrons. The van der Waals surface area contributed by atoms with E-state index >= 15 is 0 Å². The van der Waals surface area contributed by atoms with E-state index in [1.54, 1.807) is 12.4 Å². The van der Waals surface area contributed by atoms with Crippen molar-refractivity contribution >= 4 is 6.03 Å². The number of aromatic nitrogens is 1. The first-order valence-electron chi connectivity index (χ1n) is 9.49. The van der Waals surface area contributed by atoms with E-state index < -0.39 is 0 Å². The molecule has 7 nitrogen and oxygen atoms in total. The number of pyridine rings is 1. The molecule has 0 bridgehead atoms. The Labute approximate surface area is 164 Å². The molecule has 2 aromatic rings. The lowest BCUT2D eigenvalue weighted by molar-refractivity contribution is 0.0996. The van der Waals surface area contributed by atoms with E-state index in [4.69, 9.17) is 14.2 Å². The number of benzene rings is 1. The number of urea groups is 1. The van der Waals surface area contributed by atoms with E-state index in [0.29, 0.717) is 13.2 Å². The number of hydrogen-bond donors (Lipinski definition) is 2. The van der Waals surface area contributed by atoms with Crippen molar-refractivity contribution in [2.45, 2.75) is 37.8 Å². The van der Waals surface area contributed by atoms with Gasteiger partial charge < -0.3 is 24.8 Å². The third-order valence-electron chi connectivity index (χ3n) is 5.27. The molecule has 1 aromatic carbocycles. The maximum Gasteiger partial charge on any atom is 0.315 e. The Morgan fingerprint density at radius 2 is 2.11 bits per heavy atom. The minimum absolute atomic E-state index is 0.0714. The number of hydrogen-bond acceptors (Lipinski definition) is 5. The Morgan fingerprint density at radius 1 is 1.25 bits per heavy atom. The maximum atomic E-state index is 12.5. The monoisotopic (exact) mass is 383 g/mol. The molecule has 1 aromatic heterocycles. The van der Waals surface area contributed by atoms with E-state index in [1.807, 2.05) is 30.3 Å². The zero-order valence-corrected chi connectivity index (χ0v) is 16.1. The van der Waals surface area contributed by atoms with Crippen LogP contribution in [0.5, 0.6) is 11.5 Å². The van der Waals surface area contributed by atoms with Gasteiger partial charge in [-0.25, -0.2) is 4.79 Å². The van der Waals surface area contributed by atoms with Crippen molar-refractivity contribution in [2.24, 2.45) is 0 Å². The van der Waals surface area contributed by atoms with Gasteiger partial charge in [0, 0.05) is 36.5 Å². The summed E-state index contributed by atoms with van der Waals surface area (Å²) in [5.74, 6) is 1.50. The Balaban J connectivity index is 1.35. The van der Waals surface area contributed by atoms with Crippen molar-refractivity contribution in [3.8, 4) is 11.5 Å². The van der Waals surface area contributed by atoms with Crippen molar-refractivity contribution < 1.29 is 19.0 Å². The molecule has 28 heavy (non-hydrogen) atoms. The molecule has 3 heterocycles. The predicted molar refractivity (Wildman–Crippen MR) is 103 cm³/mol. The van der Waals surface area contributed by atoms with Crippen LogP contribution in [0.3, 0.4) is 0 Å². The van der Waals surface area contributed by atoms with Crippen LogP contribution in [0, 0.1) is 0 Å². The highest BCUT2D eigenvalue weighted by atomic mass is 16.7. The van der Waals surface area contributed by atoms with E-state index in [-0.39, 0.29) is 30.4 Å². The standard InChI is InChI=1S/C21H25N3O4/c1-21(2,15-5-6-17-18(10-15)28-13-27-17)12-23-20(25)24-16-7-9-26-19(16)14-4-3-8-22-11-14/h3-6,8,10-11,16,19H,7,9,12-13H2,1-2H3,(H2,23,24,25)/t16-,19+/m1/s1. The molecule has 0 radical (unpaired) electrons. The minimum Gasteiger partial charge on any atom is -0.454 e. The summed E-state index contributed by atoms with van der Waals surface area (Å²) in [5.41, 5.74) is 1.80.